The van der Waals surface area contributed by atoms with Crippen LogP contribution in [0.2, 0.25) is 0 Å². The maximum atomic E-state index is 13.2. The van der Waals surface area contributed by atoms with Crippen molar-refractivity contribution in [2.24, 2.45) is 5.73 Å². The Balaban J connectivity index is 1.84. The molecule has 2 nitrogen and oxygen atoms in total. The Morgan fingerprint density at radius 3 is 2.90 bits per heavy atom. The predicted molar refractivity (Wildman–Crippen MR) is 79.6 cm³/mol. The summed E-state index contributed by atoms with van der Waals surface area (Å²) < 4.78 is 19.2. The van der Waals surface area contributed by atoms with Crippen LogP contribution in [0.25, 0.3) is 0 Å². The van der Waals surface area contributed by atoms with Crippen molar-refractivity contribution in [1.29, 1.82) is 0 Å². The number of hydrogen-bond acceptors (Lipinski definition) is 3. The molecule has 2 aromatic carbocycles. The first-order chi connectivity index (χ1) is 9.65. The van der Waals surface area contributed by atoms with Crippen LogP contribution in [0, 0.1) is 12.7 Å². The largest absolute Gasteiger partial charge is 0.486 e. The second-order valence-corrected chi connectivity index (χ2v) is 6.00. The number of hydrogen-bond donors (Lipinski definition) is 1. The molecular weight excluding hydrogens is 273 g/mol. The maximum Gasteiger partial charge on any atom is 0.133 e. The lowest BCUT2D eigenvalue weighted by molar-refractivity contribution is 0.185. The van der Waals surface area contributed by atoms with Crippen molar-refractivity contribution in [1.82, 2.24) is 0 Å². The summed E-state index contributed by atoms with van der Waals surface area (Å²) in [5, 5.41) is 0. The zero-order valence-electron chi connectivity index (χ0n) is 11.2. The second-order valence-electron chi connectivity index (χ2n) is 4.94. The number of aryl methyl sites for hydroxylation is 1. The SMILES string of the molecule is Cc1cc(F)ccc1C(N)C1CSc2ccccc2O1. The number of nitrogens with two attached hydrogens (primary N) is 1. The van der Waals surface area contributed by atoms with Crippen molar-refractivity contribution < 1.29 is 9.13 Å². The van der Waals surface area contributed by atoms with Gasteiger partial charge in [0.1, 0.15) is 17.7 Å². The summed E-state index contributed by atoms with van der Waals surface area (Å²) in [6.45, 7) is 1.88. The Bertz CT molecular complexity index is 632. The Hall–Kier alpha value is -1.52. The minimum Gasteiger partial charge on any atom is -0.486 e. The van der Waals surface area contributed by atoms with E-state index in [2.05, 4.69) is 0 Å². The molecule has 2 aromatic rings. The fourth-order valence-corrected chi connectivity index (χ4v) is 3.48. The van der Waals surface area contributed by atoms with Gasteiger partial charge in [0.15, 0.2) is 0 Å². The average molecular weight is 289 g/mol. The first kappa shape index (κ1) is 13.5. The Morgan fingerprint density at radius 2 is 2.10 bits per heavy atom. The van der Waals surface area contributed by atoms with E-state index in [1.807, 2.05) is 31.2 Å². The number of rotatable bonds is 2. The molecule has 1 aliphatic heterocycles. The van der Waals surface area contributed by atoms with E-state index in [1.165, 1.54) is 12.1 Å². The van der Waals surface area contributed by atoms with Crippen LogP contribution in [0.3, 0.4) is 0 Å². The second kappa shape index (κ2) is 5.46. The van der Waals surface area contributed by atoms with Crippen molar-refractivity contribution >= 4 is 11.8 Å². The maximum absolute atomic E-state index is 13.2. The summed E-state index contributed by atoms with van der Waals surface area (Å²) in [7, 11) is 0. The van der Waals surface area contributed by atoms with E-state index in [0.717, 1.165) is 27.5 Å². The van der Waals surface area contributed by atoms with Crippen LogP contribution in [-0.2, 0) is 0 Å². The molecule has 104 valence electrons. The van der Waals surface area contributed by atoms with Crippen LogP contribution >= 0.6 is 11.8 Å². The highest BCUT2D eigenvalue weighted by Gasteiger charge is 2.27. The molecule has 1 heterocycles. The van der Waals surface area contributed by atoms with Gasteiger partial charge in [-0.15, -0.1) is 11.8 Å². The van der Waals surface area contributed by atoms with Gasteiger partial charge in [-0.3, -0.25) is 0 Å². The smallest absolute Gasteiger partial charge is 0.133 e. The van der Waals surface area contributed by atoms with E-state index in [4.69, 9.17) is 10.5 Å². The molecule has 0 amide bonds. The molecular formula is C16H16FNOS. The lowest BCUT2D eigenvalue weighted by atomic mass is 9.98. The minimum atomic E-state index is -0.253. The number of ether oxygens (including phenoxy) is 1. The Labute approximate surface area is 122 Å². The molecule has 0 saturated heterocycles. The highest BCUT2D eigenvalue weighted by Crippen LogP contribution is 2.38. The molecule has 2 unspecified atom stereocenters. The quantitative estimate of drug-likeness (QED) is 0.916. The number of halogens is 1. The summed E-state index contributed by atoms with van der Waals surface area (Å²) in [6.07, 6.45) is -0.0981. The number of para-hydroxylation sites is 1. The molecule has 0 aliphatic carbocycles. The van der Waals surface area contributed by atoms with Gasteiger partial charge >= 0.3 is 0 Å². The Kier molecular flexibility index (Phi) is 3.68. The molecule has 0 fully saturated rings. The lowest BCUT2D eigenvalue weighted by Gasteiger charge is -2.30. The van der Waals surface area contributed by atoms with Crippen LogP contribution in [0.1, 0.15) is 17.2 Å². The van der Waals surface area contributed by atoms with Gasteiger partial charge in [-0.2, -0.15) is 0 Å². The molecule has 2 N–H and O–H groups in total. The van der Waals surface area contributed by atoms with Crippen molar-refractivity contribution in [2.45, 2.75) is 24.0 Å². The third-order valence-corrected chi connectivity index (χ3v) is 4.67. The van der Waals surface area contributed by atoms with E-state index in [0.29, 0.717) is 0 Å². The van der Waals surface area contributed by atoms with E-state index in [1.54, 1.807) is 17.8 Å². The van der Waals surface area contributed by atoms with Gasteiger partial charge in [-0.25, -0.2) is 4.39 Å². The van der Waals surface area contributed by atoms with Crippen LogP contribution in [0.15, 0.2) is 47.4 Å². The molecule has 20 heavy (non-hydrogen) atoms. The fraction of sp³-hybridized carbons (Fsp3) is 0.250. The highest BCUT2D eigenvalue weighted by atomic mass is 32.2. The van der Waals surface area contributed by atoms with E-state index in [-0.39, 0.29) is 18.0 Å². The van der Waals surface area contributed by atoms with Gasteiger partial charge in [0, 0.05) is 10.6 Å². The van der Waals surface area contributed by atoms with E-state index in [9.17, 15) is 4.39 Å². The minimum absolute atomic E-state index is 0.0981. The molecule has 2 atom stereocenters. The number of fused-ring (bicyclic) bond motifs is 1. The van der Waals surface area contributed by atoms with E-state index < -0.39 is 0 Å². The van der Waals surface area contributed by atoms with E-state index >= 15 is 0 Å². The third kappa shape index (κ3) is 2.53. The van der Waals surface area contributed by atoms with Gasteiger partial charge in [-0.1, -0.05) is 18.2 Å². The highest BCUT2D eigenvalue weighted by molar-refractivity contribution is 7.99. The summed E-state index contributed by atoms with van der Waals surface area (Å²) in [5.41, 5.74) is 8.12. The van der Waals surface area contributed by atoms with Crippen LogP contribution in [0.4, 0.5) is 4.39 Å². The van der Waals surface area contributed by atoms with Crippen LogP contribution < -0.4 is 10.5 Å². The molecule has 0 spiro atoms. The normalized spacial score (nSPS) is 19.1. The van der Waals surface area contributed by atoms with Gasteiger partial charge in [-0.05, 0) is 42.3 Å². The van der Waals surface area contributed by atoms with Crippen molar-refractivity contribution in [2.75, 3.05) is 5.75 Å². The summed E-state index contributed by atoms with van der Waals surface area (Å²) >= 11 is 1.75. The van der Waals surface area contributed by atoms with Crippen LogP contribution in [0.5, 0.6) is 5.75 Å². The molecule has 3 rings (SSSR count). The molecule has 0 aromatic heterocycles. The summed E-state index contributed by atoms with van der Waals surface area (Å²) in [4.78, 5) is 1.15. The fourth-order valence-electron chi connectivity index (χ4n) is 2.43. The monoisotopic (exact) mass is 289 g/mol. The summed E-state index contributed by atoms with van der Waals surface area (Å²) in [5.74, 6) is 1.45. The molecule has 0 radical (unpaired) electrons. The molecule has 0 saturated carbocycles. The summed E-state index contributed by atoms with van der Waals surface area (Å²) in [6, 6.07) is 12.4. The average Bonchev–Trinajstić information content (AvgIpc) is 2.46. The molecule has 4 heteroatoms. The predicted octanol–water partition coefficient (Wildman–Crippen LogP) is 3.69. The zero-order valence-corrected chi connectivity index (χ0v) is 12.0. The number of thioether (sulfide) groups is 1. The first-order valence-electron chi connectivity index (χ1n) is 6.55. The lowest BCUT2D eigenvalue weighted by Crippen LogP contribution is -2.35. The van der Waals surface area contributed by atoms with Crippen molar-refractivity contribution in [3.63, 3.8) is 0 Å². The topological polar surface area (TPSA) is 35.2 Å². The molecule has 1 aliphatic rings. The van der Waals surface area contributed by atoms with Crippen molar-refractivity contribution in [3.05, 3.63) is 59.4 Å². The standard InChI is InChI=1S/C16H16FNOS/c1-10-8-11(17)6-7-12(10)16(18)14-9-20-15-5-3-2-4-13(15)19-14/h2-8,14,16H,9,18H2,1H3. The third-order valence-electron chi connectivity index (χ3n) is 3.52. The molecule has 0 bridgehead atoms. The van der Waals surface area contributed by atoms with Crippen molar-refractivity contribution in [3.8, 4) is 5.75 Å². The van der Waals surface area contributed by atoms with Gasteiger partial charge in [0.05, 0.1) is 6.04 Å². The van der Waals surface area contributed by atoms with Gasteiger partial charge in [0.25, 0.3) is 0 Å². The number of benzene rings is 2. The van der Waals surface area contributed by atoms with Crippen LogP contribution in [-0.4, -0.2) is 11.9 Å². The first-order valence-corrected chi connectivity index (χ1v) is 7.54. The Morgan fingerprint density at radius 1 is 1.30 bits per heavy atom. The zero-order chi connectivity index (χ0) is 14.1. The van der Waals surface area contributed by atoms with Gasteiger partial charge in [0.2, 0.25) is 0 Å². The van der Waals surface area contributed by atoms with Gasteiger partial charge < -0.3 is 10.5 Å².